The Balaban J connectivity index is 2.02. The third-order valence-electron chi connectivity index (χ3n) is 4.25. The largest absolute Gasteiger partial charge is 0.481 e. The molecule has 2 aromatic carbocycles. The number of nitrogens with one attached hydrogen (secondary N) is 1. The Kier molecular flexibility index (Phi) is 5.66. The lowest BCUT2D eigenvalue weighted by atomic mass is 10.00. The molecule has 2 rings (SSSR count). The minimum Gasteiger partial charge on any atom is -0.481 e. The molecule has 0 heterocycles. The summed E-state index contributed by atoms with van der Waals surface area (Å²) in [5, 5.41) is 3.04. The van der Waals surface area contributed by atoms with E-state index in [1.54, 1.807) is 6.92 Å². The second kappa shape index (κ2) is 7.52. The van der Waals surface area contributed by atoms with Crippen molar-refractivity contribution in [3.63, 3.8) is 0 Å². The van der Waals surface area contributed by atoms with Crippen LogP contribution in [0.1, 0.15) is 47.7 Å². The summed E-state index contributed by atoms with van der Waals surface area (Å²) in [6.45, 7) is 12.0. The molecule has 0 radical (unpaired) electrons. The molecular weight excluding hydrogens is 298 g/mol. The molecule has 0 saturated heterocycles. The van der Waals surface area contributed by atoms with Crippen LogP contribution in [0.5, 0.6) is 5.75 Å². The summed E-state index contributed by atoms with van der Waals surface area (Å²) < 4.78 is 5.84. The molecule has 1 N–H and O–H groups in total. The first-order chi connectivity index (χ1) is 11.3. The Morgan fingerprint density at radius 3 is 2.08 bits per heavy atom. The number of hydrogen-bond acceptors (Lipinski definition) is 2. The minimum atomic E-state index is -0.542. The molecule has 2 atom stereocenters. The molecule has 2 aromatic rings. The first kappa shape index (κ1) is 18.1. The molecule has 0 aromatic heterocycles. The van der Waals surface area contributed by atoms with Gasteiger partial charge in [-0.15, -0.1) is 0 Å². The van der Waals surface area contributed by atoms with Crippen LogP contribution in [0.4, 0.5) is 0 Å². The van der Waals surface area contributed by atoms with Crippen LogP contribution in [-0.2, 0) is 4.79 Å². The van der Waals surface area contributed by atoms with Crippen LogP contribution in [0.25, 0.3) is 0 Å². The molecule has 0 fully saturated rings. The van der Waals surface area contributed by atoms with Gasteiger partial charge in [-0.2, -0.15) is 0 Å². The Morgan fingerprint density at radius 2 is 1.50 bits per heavy atom. The molecule has 0 aliphatic rings. The van der Waals surface area contributed by atoms with Gasteiger partial charge in [-0.3, -0.25) is 4.79 Å². The highest BCUT2D eigenvalue weighted by molar-refractivity contribution is 5.81. The van der Waals surface area contributed by atoms with Gasteiger partial charge >= 0.3 is 0 Å². The van der Waals surface area contributed by atoms with Crippen LogP contribution in [-0.4, -0.2) is 12.0 Å². The number of benzene rings is 2. The SMILES string of the molecule is Cc1ccc(O[C@@H](C)C(=O)N[C@H](C)c2ccc(C)cc2C)c(C)c1. The van der Waals surface area contributed by atoms with Crippen LogP contribution < -0.4 is 10.1 Å². The third kappa shape index (κ3) is 4.38. The zero-order valence-electron chi connectivity index (χ0n) is 15.4. The monoisotopic (exact) mass is 325 g/mol. The number of carbonyl (C=O) groups is 1. The minimum absolute atomic E-state index is 0.0525. The lowest BCUT2D eigenvalue weighted by Gasteiger charge is -2.21. The van der Waals surface area contributed by atoms with Gasteiger partial charge in [0.25, 0.3) is 5.91 Å². The zero-order chi connectivity index (χ0) is 17.9. The summed E-state index contributed by atoms with van der Waals surface area (Å²) in [4.78, 5) is 12.5. The predicted molar refractivity (Wildman–Crippen MR) is 98.5 cm³/mol. The van der Waals surface area contributed by atoms with Crippen molar-refractivity contribution in [1.29, 1.82) is 0 Å². The molecule has 1 amide bonds. The molecule has 0 aliphatic heterocycles. The van der Waals surface area contributed by atoms with E-state index in [0.29, 0.717) is 0 Å². The molecule has 0 saturated carbocycles. The first-order valence-electron chi connectivity index (χ1n) is 8.39. The first-order valence-corrected chi connectivity index (χ1v) is 8.39. The van der Waals surface area contributed by atoms with Gasteiger partial charge in [0.2, 0.25) is 0 Å². The van der Waals surface area contributed by atoms with Crippen molar-refractivity contribution in [2.75, 3.05) is 0 Å². The molecule has 0 aliphatic carbocycles. The van der Waals surface area contributed by atoms with Crippen molar-refractivity contribution in [1.82, 2.24) is 5.32 Å². The number of rotatable bonds is 5. The fourth-order valence-corrected chi connectivity index (χ4v) is 2.90. The van der Waals surface area contributed by atoms with Gasteiger partial charge in [-0.25, -0.2) is 0 Å². The summed E-state index contributed by atoms with van der Waals surface area (Å²) in [7, 11) is 0. The van der Waals surface area contributed by atoms with Crippen LogP contribution in [0.3, 0.4) is 0 Å². The summed E-state index contributed by atoms with van der Waals surface area (Å²) >= 11 is 0. The second-order valence-corrected chi connectivity index (χ2v) is 6.62. The van der Waals surface area contributed by atoms with E-state index >= 15 is 0 Å². The molecule has 24 heavy (non-hydrogen) atoms. The lowest BCUT2D eigenvalue weighted by Crippen LogP contribution is -2.38. The molecule has 128 valence electrons. The van der Waals surface area contributed by atoms with Crippen molar-refractivity contribution < 1.29 is 9.53 Å². The predicted octanol–water partition coefficient (Wildman–Crippen LogP) is 4.56. The zero-order valence-corrected chi connectivity index (χ0v) is 15.4. The molecule has 0 bridgehead atoms. The van der Waals surface area contributed by atoms with E-state index < -0.39 is 6.10 Å². The standard InChI is InChI=1S/C21H27NO2/c1-13-7-9-19(15(3)11-13)17(5)22-21(23)18(6)24-20-10-8-14(2)12-16(20)4/h7-12,17-18H,1-6H3,(H,22,23)/t17-,18+/m1/s1. The number of aryl methyl sites for hydroxylation is 4. The highest BCUT2D eigenvalue weighted by Gasteiger charge is 2.19. The van der Waals surface area contributed by atoms with Gasteiger partial charge in [0, 0.05) is 0 Å². The normalized spacial score (nSPS) is 13.2. The van der Waals surface area contributed by atoms with Gasteiger partial charge in [-0.1, -0.05) is 41.5 Å². The van der Waals surface area contributed by atoms with Crippen molar-refractivity contribution in [3.8, 4) is 5.75 Å². The van der Waals surface area contributed by atoms with Crippen molar-refractivity contribution in [3.05, 3.63) is 64.2 Å². The highest BCUT2D eigenvalue weighted by atomic mass is 16.5. The van der Waals surface area contributed by atoms with Gasteiger partial charge in [0.1, 0.15) is 5.75 Å². The fraction of sp³-hybridized carbons (Fsp3) is 0.381. The summed E-state index contributed by atoms with van der Waals surface area (Å²) in [5.41, 5.74) is 5.76. The lowest BCUT2D eigenvalue weighted by molar-refractivity contribution is -0.127. The van der Waals surface area contributed by atoms with E-state index in [1.165, 1.54) is 16.7 Å². The average Bonchev–Trinajstić information content (AvgIpc) is 2.49. The van der Waals surface area contributed by atoms with Gasteiger partial charge in [0.05, 0.1) is 6.04 Å². The van der Waals surface area contributed by atoms with Crippen molar-refractivity contribution >= 4 is 5.91 Å². The fourth-order valence-electron chi connectivity index (χ4n) is 2.90. The number of hydrogen-bond donors (Lipinski definition) is 1. The Morgan fingerprint density at radius 1 is 0.917 bits per heavy atom. The van der Waals surface area contributed by atoms with E-state index in [9.17, 15) is 4.79 Å². The summed E-state index contributed by atoms with van der Waals surface area (Å²) in [6, 6.07) is 12.2. The molecule has 3 heteroatoms. The van der Waals surface area contributed by atoms with Crippen LogP contribution in [0, 0.1) is 27.7 Å². The Hall–Kier alpha value is -2.29. The number of ether oxygens (including phenoxy) is 1. The summed E-state index contributed by atoms with van der Waals surface area (Å²) in [6.07, 6.45) is -0.542. The number of amides is 1. The average molecular weight is 325 g/mol. The van der Waals surface area contributed by atoms with Crippen LogP contribution in [0.2, 0.25) is 0 Å². The summed E-state index contributed by atoms with van der Waals surface area (Å²) in [5.74, 6) is 0.643. The van der Waals surface area contributed by atoms with E-state index in [1.807, 2.05) is 32.9 Å². The Bertz CT molecular complexity index is 737. The smallest absolute Gasteiger partial charge is 0.261 e. The second-order valence-electron chi connectivity index (χ2n) is 6.62. The van der Waals surface area contributed by atoms with Gasteiger partial charge in [-0.05, 0) is 64.3 Å². The van der Waals surface area contributed by atoms with Crippen LogP contribution >= 0.6 is 0 Å². The van der Waals surface area contributed by atoms with Crippen molar-refractivity contribution in [2.45, 2.75) is 53.7 Å². The highest BCUT2D eigenvalue weighted by Crippen LogP contribution is 2.21. The number of carbonyl (C=O) groups excluding carboxylic acids is 1. The van der Waals surface area contributed by atoms with E-state index in [2.05, 4.69) is 43.4 Å². The maximum atomic E-state index is 12.5. The maximum absolute atomic E-state index is 12.5. The van der Waals surface area contributed by atoms with Crippen LogP contribution in [0.15, 0.2) is 36.4 Å². The van der Waals surface area contributed by atoms with E-state index in [0.717, 1.165) is 16.9 Å². The Labute approximate surface area is 145 Å². The maximum Gasteiger partial charge on any atom is 0.261 e. The molecule has 3 nitrogen and oxygen atoms in total. The quantitative estimate of drug-likeness (QED) is 0.875. The molecule has 0 spiro atoms. The van der Waals surface area contributed by atoms with E-state index in [-0.39, 0.29) is 11.9 Å². The van der Waals surface area contributed by atoms with Gasteiger partial charge in [0.15, 0.2) is 6.10 Å². The van der Waals surface area contributed by atoms with E-state index in [4.69, 9.17) is 4.74 Å². The topological polar surface area (TPSA) is 38.3 Å². The van der Waals surface area contributed by atoms with Crippen molar-refractivity contribution in [2.24, 2.45) is 0 Å². The third-order valence-corrected chi connectivity index (χ3v) is 4.25. The molecular formula is C21H27NO2. The molecule has 0 unspecified atom stereocenters. The van der Waals surface area contributed by atoms with Gasteiger partial charge < -0.3 is 10.1 Å².